The van der Waals surface area contributed by atoms with Crippen LogP contribution in [-0.2, 0) is 0 Å². The molecule has 1 unspecified atom stereocenters. The Labute approximate surface area is 73.3 Å². The van der Waals surface area contributed by atoms with Crippen LogP contribution in [0.4, 0.5) is 0 Å². The smallest absolute Gasteiger partial charge is 0.124 e. The molecule has 2 heterocycles. The lowest BCUT2D eigenvalue weighted by Gasteiger charge is -2.15. The van der Waals surface area contributed by atoms with Crippen molar-refractivity contribution in [2.45, 2.75) is 19.9 Å². The second kappa shape index (κ2) is 2.77. The van der Waals surface area contributed by atoms with E-state index in [0.29, 0.717) is 6.04 Å². The van der Waals surface area contributed by atoms with Crippen molar-refractivity contribution < 1.29 is 0 Å². The third kappa shape index (κ3) is 1.29. The molecule has 0 amide bonds. The monoisotopic (exact) mass is 162 g/mol. The molecule has 12 heavy (non-hydrogen) atoms. The van der Waals surface area contributed by atoms with Crippen LogP contribution in [0.5, 0.6) is 0 Å². The van der Waals surface area contributed by atoms with E-state index in [1.165, 1.54) is 5.57 Å². The van der Waals surface area contributed by atoms with E-state index in [1.54, 1.807) is 0 Å². The van der Waals surface area contributed by atoms with Crippen LogP contribution in [0.3, 0.4) is 0 Å². The van der Waals surface area contributed by atoms with Crippen LogP contribution in [0.2, 0.25) is 0 Å². The van der Waals surface area contributed by atoms with E-state index in [2.05, 4.69) is 42.0 Å². The fourth-order valence-corrected chi connectivity index (χ4v) is 1.61. The summed E-state index contributed by atoms with van der Waals surface area (Å²) in [5.74, 6) is 1.15. The molecule has 0 bridgehead atoms. The summed E-state index contributed by atoms with van der Waals surface area (Å²) in [6, 6.07) is 0.469. The predicted octanol–water partition coefficient (Wildman–Crippen LogP) is 1.61. The molecule has 0 aromatic carbocycles. The Morgan fingerprint density at radius 3 is 3.17 bits per heavy atom. The molecule has 2 rings (SSSR count). The van der Waals surface area contributed by atoms with Gasteiger partial charge in [0, 0.05) is 13.1 Å². The van der Waals surface area contributed by atoms with Crippen LogP contribution >= 0.6 is 0 Å². The highest BCUT2D eigenvalue weighted by Crippen LogP contribution is 2.13. The van der Waals surface area contributed by atoms with Crippen LogP contribution in [-0.4, -0.2) is 29.9 Å². The average Bonchev–Trinajstić information content (AvgIpc) is 2.31. The van der Waals surface area contributed by atoms with E-state index in [9.17, 15) is 0 Å². The van der Waals surface area contributed by atoms with Crippen molar-refractivity contribution >= 4 is 5.84 Å². The number of rotatable bonds is 0. The van der Waals surface area contributed by atoms with E-state index < -0.39 is 0 Å². The van der Waals surface area contributed by atoms with Crippen molar-refractivity contribution in [3.63, 3.8) is 0 Å². The summed E-state index contributed by atoms with van der Waals surface area (Å²) in [7, 11) is 0. The van der Waals surface area contributed by atoms with Gasteiger partial charge in [0.15, 0.2) is 0 Å². The van der Waals surface area contributed by atoms with Crippen molar-refractivity contribution in [3.8, 4) is 0 Å². The molecule has 2 aliphatic rings. The molecule has 0 N–H and O–H groups in total. The van der Waals surface area contributed by atoms with Gasteiger partial charge in [-0.1, -0.05) is 17.7 Å². The molecule has 0 aromatic heterocycles. The number of hydrogen-bond donors (Lipinski definition) is 0. The lowest BCUT2D eigenvalue weighted by atomic mass is 10.2. The van der Waals surface area contributed by atoms with E-state index in [1.807, 2.05) is 0 Å². The zero-order valence-electron chi connectivity index (χ0n) is 7.62. The average molecular weight is 162 g/mol. The van der Waals surface area contributed by atoms with Gasteiger partial charge in [0.2, 0.25) is 0 Å². The molecule has 0 fully saturated rings. The molecular weight excluding hydrogens is 148 g/mol. The van der Waals surface area contributed by atoms with Gasteiger partial charge in [-0.05, 0) is 19.9 Å². The maximum Gasteiger partial charge on any atom is 0.124 e. The summed E-state index contributed by atoms with van der Waals surface area (Å²) in [5.41, 5.74) is 1.33. The SMILES string of the molecule is CC1=CCN2CC(C)N=C2C=C1. The number of amidine groups is 1. The van der Waals surface area contributed by atoms with Gasteiger partial charge in [0.25, 0.3) is 0 Å². The quantitative estimate of drug-likeness (QED) is 0.528. The Balaban J connectivity index is 2.24. The summed E-state index contributed by atoms with van der Waals surface area (Å²) >= 11 is 0. The molecule has 0 radical (unpaired) electrons. The summed E-state index contributed by atoms with van der Waals surface area (Å²) in [4.78, 5) is 6.84. The summed E-state index contributed by atoms with van der Waals surface area (Å²) in [6.45, 7) is 6.38. The third-order valence-electron chi connectivity index (χ3n) is 2.29. The minimum Gasteiger partial charge on any atom is -0.351 e. The van der Waals surface area contributed by atoms with Gasteiger partial charge in [-0.15, -0.1) is 0 Å². The van der Waals surface area contributed by atoms with Crippen molar-refractivity contribution in [1.82, 2.24) is 4.90 Å². The lowest BCUT2D eigenvalue weighted by molar-refractivity contribution is 0.475. The maximum atomic E-state index is 4.53. The van der Waals surface area contributed by atoms with Gasteiger partial charge in [0.1, 0.15) is 5.84 Å². The Morgan fingerprint density at radius 1 is 1.50 bits per heavy atom. The van der Waals surface area contributed by atoms with Crippen molar-refractivity contribution in [3.05, 3.63) is 23.8 Å². The first-order chi connectivity index (χ1) is 5.75. The third-order valence-corrected chi connectivity index (χ3v) is 2.29. The molecule has 2 heteroatoms. The van der Waals surface area contributed by atoms with Gasteiger partial charge < -0.3 is 4.90 Å². The van der Waals surface area contributed by atoms with Crippen LogP contribution in [0.1, 0.15) is 13.8 Å². The Kier molecular flexibility index (Phi) is 1.75. The zero-order chi connectivity index (χ0) is 8.55. The topological polar surface area (TPSA) is 15.6 Å². The lowest BCUT2D eigenvalue weighted by Crippen LogP contribution is -2.27. The fourth-order valence-electron chi connectivity index (χ4n) is 1.61. The van der Waals surface area contributed by atoms with E-state index in [0.717, 1.165) is 18.9 Å². The molecule has 0 saturated carbocycles. The van der Waals surface area contributed by atoms with Crippen molar-refractivity contribution in [1.29, 1.82) is 0 Å². The minimum absolute atomic E-state index is 0.469. The Hall–Kier alpha value is -1.05. The normalized spacial score (nSPS) is 27.8. The Morgan fingerprint density at radius 2 is 2.33 bits per heavy atom. The number of hydrogen-bond acceptors (Lipinski definition) is 2. The molecule has 1 atom stereocenters. The second-order valence-electron chi connectivity index (χ2n) is 3.52. The molecule has 64 valence electrons. The number of fused-ring (bicyclic) bond motifs is 1. The van der Waals surface area contributed by atoms with Crippen LogP contribution in [0.25, 0.3) is 0 Å². The van der Waals surface area contributed by atoms with Gasteiger partial charge in [-0.3, -0.25) is 4.99 Å². The van der Waals surface area contributed by atoms with Gasteiger partial charge in [0.05, 0.1) is 6.04 Å². The minimum atomic E-state index is 0.469. The largest absolute Gasteiger partial charge is 0.351 e. The van der Waals surface area contributed by atoms with Gasteiger partial charge in [-0.25, -0.2) is 0 Å². The standard InChI is InChI=1S/C10H14N2/c1-8-3-4-10-11-9(2)7-12(10)6-5-8/h3-5,9H,6-7H2,1-2H3. The molecule has 0 saturated heterocycles. The molecule has 2 nitrogen and oxygen atoms in total. The highest BCUT2D eigenvalue weighted by molar-refractivity contribution is 5.95. The highest BCUT2D eigenvalue weighted by Gasteiger charge is 2.19. The number of aliphatic imine (C=N–C) groups is 1. The van der Waals surface area contributed by atoms with Crippen LogP contribution < -0.4 is 0 Å². The van der Waals surface area contributed by atoms with Crippen LogP contribution in [0, 0.1) is 0 Å². The molecule has 0 spiro atoms. The van der Waals surface area contributed by atoms with Gasteiger partial charge in [-0.2, -0.15) is 0 Å². The van der Waals surface area contributed by atoms with E-state index in [-0.39, 0.29) is 0 Å². The highest BCUT2D eigenvalue weighted by atomic mass is 15.2. The first-order valence-corrected chi connectivity index (χ1v) is 4.43. The number of nitrogens with zero attached hydrogens (tertiary/aromatic N) is 2. The fraction of sp³-hybridized carbons (Fsp3) is 0.500. The van der Waals surface area contributed by atoms with Gasteiger partial charge >= 0.3 is 0 Å². The Bertz CT molecular complexity index is 274. The summed E-state index contributed by atoms with van der Waals surface area (Å²) in [5, 5.41) is 0. The van der Waals surface area contributed by atoms with E-state index >= 15 is 0 Å². The molecule has 0 aromatic rings. The molecular formula is C10H14N2. The van der Waals surface area contributed by atoms with E-state index in [4.69, 9.17) is 0 Å². The summed E-state index contributed by atoms with van der Waals surface area (Å²) in [6.07, 6.45) is 6.50. The second-order valence-corrected chi connectivity index (χ2v) is 3.52. The van der Waals surface area contributed by atoms with Crippen LogP contribution in [0.15, 0.2) is 28.8 Å². The zero-order valence-corrected chi connectivity index (χ0v) is 7.62. The predicted molar refractivity (Wildman–Crippen MR) is 51.4 cm³/mol. The number of allylic oxidation sites excluding steroid dienone is 2. The summed E-state index contributed by atoms with van der Waals surface area (Å²) < 4.78 is 0. The molecule has 0 aliphatic carbocycles. The molecule has 2 aliphatic heterocycles. The maximum absolute atomic E-state index is 4.53. The van der Waals surface area contributed by atoms with Crippen molar-refractivity contribution in [2.75, 3.05) is 13.1 Å². The van der Waals surface area contributed by atoms with Crippen molar-refractivity contribution in [2.24, 2.45) is 4.99 Å². The first kappa shape index (κ1) is 7.59. The first-order valence-electron chi connectivity index (χ1n) is 4.43.